The standard InChI is InChI=1S/C17H23Cl2NO/c1-11-7-13(12-5-6-14(18)15(19)8-12)10-20(9-11)16(21)17(2,3)4/h5-6,8,11,13H,7,9-10H2,1-4H3/t11-,13+/m0/s1. The molecule has 4 heteroatoms. The first-order valence-corrected chi connectivity index (χ1v) is 8.18. The first-order valence-electron chi connectivity index (χ1n) is 7.43. The third-order valence-corrected chi connectivity index (χ3v) is 4.74. The normalized spacial score (nSPS) is 23.2. The zero-order valence-electron chi connectivity index (χ0n) is 13.1. The number of hydrogen-bond acceptors (Lipinski definition) is 1. The van der Waals surface area contributed by atoms with Crippen molar-refractivity contribution in [3.63, 3.8) is 0 Å². The number of nitrogens with zero attached hydrogens (tertiary/aromatic N) is 1. The third kappa shape index (κ3) is 3.92. The lowest BCUT2D eigenvalue weighted by atomic mass is 9.83. The molecule has 1 aliphatic heterocycles. The van der Waals surface area contributed by atoms with Gasteiger partial charge in [-0.3, -0.25) is 4.79 Å². The maximum absolute atomic E-state index is 12.5. The smallest absolute Gasteiger partial charge is 0.227 e. The first-order chi connectivity index (χ1) is 9.68. The Hall–Kier alpha value is -0.730. The van der Waals surface area contributed by atoms with Crippen LogP contribution in [-0.4, -0.2) is 23.9 Å². The van der Waals surface area contributed by atoms with E-state index in [9.17, 15) is 4.79 Å². The number of halogens is 2. The number of carbonyl (C=O) groups is 1. The van der Waals surface area contributed by atoms with E-state index in [0.717, 1.165) is 19.5 Å². The molecule has 21 heavy (non-hydrogen) atoms. The van der Waals surface area contributed by atoms with Gasteiger partial charge in [0.25, 0.3) is 0 Å². The molecule has 1 heterocycles. The summed E-state index contributed by atoms with van der Waals surface area (Å²) >= 11 is 12.1. The Kier molecular flexibility index (Phi) is 4.89. The topological polar surface area (TPSA) is 20.3 Å². The van der Waals surface area contributed by atoms with Gasteiger partial charge in [-0.2, -0.15) is 0 Å². The van der Waals surface area contributed by atoms with Crippen LogP contribution in [0.1, 0.15) is 45.6 Å². The molecule has 0 saturated carbocycles. The summed E-state index contributed by atoms with van der Waals surface area (Å²) in [5.74, 6) is 1.04. The summed E-state index contributed by atoms with van der Waals surface area (Å²) in [6.07, 6.45) is 1.08. The van der Waals surface area contributed by atoms with E-state index in [0.29, 0.717) is 21.9 Å². The Morgan fingerprint density at radius 1 is 1.19 bits per heavy atom. The van der Waals surface area contributed by atoms with Gasteiger partial charge in [0.05, 0.1) is 10.0 Å². The Balaban J connectivity index is 2.21. The molecule has 116 valence electrons. The second-order valence-corrected chi connectivity index (χ2v) is 7.99. The van der Waals surface area contributed by atoms with Crippen LogP contribution in [0.5, 0.6) is 0 Å². The fraction of sp³-hybridized carbons (Fsp3) is 0.588. The van der Waals surface area contributed by atoms with Crippen molar-refractivity contribution in [1.29, 1.82) is 0 Å². The highest BCUT2D eigenvalue weighted by molar-refractivity contribution is 6.42. The zero-order valence-corrected chi connectivity index (χ0v) is 14.6. The molecule has 0 bridgehead atoms. The van der Waals surface area contributed by atoms with Gasteiger partial charge in [-0.1, -0.05) is 57.0 Å². The summed E-state index contributed by atoms with van der Waals surface area (Å²) in [5, 5.41) is 1.16. The Morgan fingerprint density at radius 2 is 1.86 bits per heavy atom. The van der Waals surface area contributed by atoms with Gasteiger partial charge in [-0.25, -0.2) is 0 Å². The van der Waals surface area contributed by atoms with Gasteiger partial charge < -0.3 is 4.90 Å². The summed E-state index contributed by atoms with van der Waals surface area (Å²) < 4.78 is 0. The molecule has 1 aliphatic rings. The van der Waals surface area contributed by atoms with Crippen LogP contribution in [0.15, 0.2) is 18.2 Å². The van der Waals surface area contributed by atoms with Crippen molar-refractivity contribution in [2.24, 2.45) is 11.3 Å². The summed E-state index contributed by atoms with van der Waals surface area (Å²) in [5.41, 5.74) is 0.835. The van der Waals surface area contributed by atoms with Gasteiger partial charge >= 0.3 is 0 Å². The molecule has 2 rings (SSSR count). The van der Waals surface area contributed by atoms with Crippen molar-refractivity contribution in [2.75, 3.05) is 13.1 Å². The average molecular weight is 328 g/mol. The Labute approximate surface area is 137 Å². The van der Waals surface area contributed by atoms with E-state index in [-0.39, 0.29) is 11.3 Å². The lowest BCUT2D eigenvalue weighted by Gasteiger charge is -2.39. The van der Waals surface area contributed by atoms with Gasteiger partial charge in [0, 0.05) is 24.4 Å². The van der Waals surface area contributed by atoms with Crippen LogP contribution in [0.3, 0.4) is 0 Å². The van der Waals surface area contributed by atoms with Crippen molar-refractivity contribution in [1.82, 2.24) is 4.90 Å². The van der Waals surface area contributed by atoms with Crippen LogP contribution in [0, 0.1) is 11.3 Å². The van der Waals surface area contributed by atoms with Crippen LogP contribution in [-0.2, 0) is 4.79 Å². The van der Waals surface area contributed by atoms with E-state index in [4.69, 9.17) is 23.2 Å². The summed E-state index contributed by atoms with van der Waals surface area (Å²) in [6, 6.07) is 5.80. The minimum absolute atomic E-state index is 0.221. The zero-order chi connectivity index (χ0) is 15.8. The number of amides is 1. The third-order valence-electron chi connectivity index (χ3n) is 4.00. The summed E-state index contributed by atoms with van der Waals surface area (Å²) in [7, 11) is 0. The molecule has 0 radical (unpaired) electrons. The molecule has 2 atom stereocenters. The molecule has 2 nitrogen and oxygen atoms in total. The Morgan fingerprint density at radius 3 is 2.43 bits per heavy atom. The molecule has 1 fully saturated rings. The van der Waals surface area contributed by atoms with Gasteiger partial charge in [0.1, 0.15) is 0 Å². The van der Waals surface area contributed by atoms with Gasteiger partial charge in [-0.05, 0) is 30.0 Å². The number of carbonyl (C=O) groups excluding carboxylic acids is 1. The monoisotopic (exact) mass is 327 g/mol. The van der Waals surface area contributed by atoms with E-state index < -0.39 is 0 Å². The molecule has 0 spiro atoms. The van der Waals surface area contributed by atoms with Gasteiger partial charge in [0.15, 0.2) is 0 Å². The number of piperidine rings is 1. The van der Waals surface area contributed by atoms with E-state index in [2.05, 4.69) is 6.92 Å². The highest BCUT2D eigenvalue weighted by Gasteiger charge is 2.33. The second kappa shape index (κ2) is 6.18. The number of benzene rings is 1. The van der Waals surface area contributed by atoms with Crippen LogP contribution < -0.4 is 0 Å². The SMILES string of the molecule is C[C@H]1C[C@@H](c2ccc(Cl)c(Cl)c2)CN(C(=O)C(C)(C)C)C1. The summed E-state index contributed by atoms with van der Waals surface area (Å²) in [6.45, 7) is 9.73. The molecule has 0 aromatic heterocycles. The van der Waals surface area contributed by atoms with Gasteiger partial charge in [-0.15, -0.1) is 0 Å². The van der Waals surface area contributed by atoms with E-state index in [1.807, 2.05) is 43.9 Å². The lowest BCUT2D eigenvalue weighted by Crippen LogP contribution is -2.47. The predicted molar refractivity (Wildman–Crippen MR) is 89.0 cm³/mol. The summed E-state index contributed by atoms with van der Waals surface area (Å²) in [4.78, 5) is 14.5. The van der Waals surface area contributed by atoms with E-state index in [1.54, 1.807) is 0 Å². The van der Waals surface area contributed by atoms with Crippen LogP contribution in [0.2, 0.25) is 10.0 Å². The van der Waals surface area contributed by atoms with Crippen molar-refractivity contribution < 1.29 is 4.79 Å². The molecule has 0 unspecified atom stereocenters. The predicted octanol–water partition coefficient (Wildman–Crippen LogP) is 4.99. The first kappa shape index (κ1) is 16.6. The molecule has 1 amide bonds. The molecule has 0 N–H and O–H groups in total. The van der Waals surface area contributed by atoms with Crippen molar-refractivity contribution >= 4 is 29.1 Å². The maximum atomic E-state index is 12.5. The quantitative estimate of drug-likeness (QED) is 0.711. The van der Waals surface area contributed by atoms with Crippen molar-refractivity contribution in [3.05, 3.63) is 33.8 Å². The van der Waals surface area contributed by atoms with E-state index >= 15 is 0 Å². The molecular weight excluding hydrogens is 305 g/mol. The number of hydrogen-bond donors (Lipinski definition) is 0. The van der Waals surface area contributed by atoms with Crippen LogP contribution >= 0.6 is 23.2 Å². The minimum atomic E-state index is -0.334. The van der Waals surface area contributed by atoms with Crippen LogP contribution in [0.25, 0.3) is 0 Å². The van der Waals surface area contributed by atoms with Gasteiger partial charge in [0.2, 0.25) is 5.91 Å². The average Bonchev–Trinajstić information content (AvgIpc) is 2.39. The molecular formula is C17H23Cl2NO. The van der Waals surface area contributed by atoms with Crippen LogP contribution in [0.4, 0.5) is 0 Å². The van der Waals surface area contributed by atoms with Crippen molar-refractivity contribution in [3.8, 4) is 0 Å². The highest BCUT2D eigenvalue weighted by atomic mass is 35.5. The largest absolute Gasteiger partial charge is 0.341 e. The second-order valence-electron chi connectivity index (χ2n) is 7.17. The molecule has 1 saturated heterocycles. The fourth-order valence-corrected chi connectivity index (χ4v) is 3.31. The van der Waals surface area contributed by atoms with E-state index in [1.165, 1.54) is 5.56 Å². The minimum Gasteiger partial charge on any atom is -0.341 e. The molecule has 1 aromatic carbocycles. The molecule has 1 aromatic rings. The van der Waals surface area contributed by atoms with Crippen molar-refractivity contribution in [2.45, 2.75) is 40.0 Å². The maximum Gasteiger partial charge on any atom is 0.227 e. The lowest BCUT2D eigenvalue weighted by molar-refractivity contribution is -0.141. The Bertz CT molecular complexity index is 536. The number of likely N-dealkylation sites (tertiary alicyclic amines) is 1. The number of rotatable bonds is 1. The molecule has 0 aliphatic carbocycles. The highest BCUT2D eigenvalue weighted by Crippen LogP contribution is 2.34. The fourth-order valence-electron chi connectivity index (χ4n) is 3.00.